The molecule has 15 heavy (non-hydrogen) atoms. The molecule has 0 saturated carbocycles. The van der Waals surface area contributed by atoms with Gasteiger partial charge in [0.15, 0.2) is 0 Å². The Kier molecular flexibility index (Phi) is 3.11. The molecule has 80 valence electrons. The van der Waals surface area contributed by atoms with Gasteiger partial charge in [0, 0.05) is 15.5 Å². The topological polar surface area (TPSA) is 30.7 Å². The first kappa shape index (κ1) is 11.1. The van der Waals surface area contributed by atoms with E-state index in [-0.39, 0.29) is 0 Å². The molecule has 0 saturated heterocycles. The zero-order valence-corrected chi connectivity index (χ0v) is 11.7. The third-order valence-electron chi connectivity index (χ3n) is 2.10. The lowest BCUT2D eigenvalue weighted by atomic mass is 10.2. The highest BCUT2D eigenvalue weighted by atomic mass is 79.9. The van der Waals surface area contributed by atoms with Gasteiger partial charge in [0.25, 0.3) is 0 Å². The highest BCUT2D eigenvalue weighted by molar-refractivity contribution is 9.11. The SMILES string of the molecule is CC(C)Cn1nnc2c(Br)ccc(Br)c21. The average Bonchev–Trinajstić information content (AvgIpc) is 2.56. The number of rotatable bonds is 2. The number of hydrogen-bond donors (Lipinski definition) is 0. The maximum Gasteiger partial charge on any atom is 0.128 e. The van der Waals surface area contributed by atoms with E-state index in [0.717, 1.165) is 26.5 Å². The van der Waals surface area contributed by atoms with Crippen molar-refractivity contribution >= 4 is 42.9 Å². The maximum absolute atomic E-state index is 4.17. The number of nitrogens with zero attached hydrogens (tertiary/aromatic N) is 3. The van der Waals surface area contributed by atoms with Gasteiger partial charge in [0.1, 0.15) is 11.0 Å². The van der Waals surface area contributed by atoms with Crippen LogP contribution in [0.4, 0.5) is 0 Å². The highest BCUT2D eigenvalue weighted by Crippen LogP contribution is 2.28. The second-order valence-electron chi connectivity index (χ2n) is 3.89. The predicted octanol–water partition coefficient (Wildman–Crippen LogP) is 3.61. The fourth-order valence-electron chi connectivity index (χ4n) is 1.49. The Morgan fingerprint density at radius 2 is 1.93 bits per heavy atom. The van der Waals surface area contributed by atoms with Gasteiger partial charge < -0.3 is 0 Å². The summed E-state index contributed by atoms with van der Waals surface area (Å²) in [5, 5.41) is 8.33. The third-order valence-corrected chi connectivity index (χ3v) is 3.38. The van der Waals surface area contributed by atoms with Crippen LogP contribution < -0.4 is 0 Å². The van der Waals surface area contributed by atoms with Gasteiger partial charge in [-0.25, -0.2) is 4.68 Å². The van der Waals surface area contributed by atoms with E-state index in [1.165, 1.54) is 0 Å². The molecule has 0 spiro atoms. The van der Waals surface area contributed by atoms with Crippen molar-refractivity contribution in [1.29, 1.82) is 0 Å². The molecule has 0 aliphatic rings. The average molecular weight is 333 g/mol. The smallest absolute Gasteiger partial charge is 0.128 e. The molecular weight excluding hydrogens is 322 g/mol. The molecular formula is C10H11Br2N3. The minimum absolute atomic E-state index is 0.556. The van der Waals surface area contributed by atoms with Crippen LogP contribution in [-0.4, -0.2) is 15.0 Å². The summed E-state index contributed by atoms with van der Waals surface area (Å²) in [6.07, 6.45) is 0. The lowest BCUT2D eigenvalue weighted by Crippen LogP contribution is -2.06. The van der Waals surface area contributed by atoms with E-state index in [1.54, 1.807) is 0 Å². The summed E-state index contributed by atoms with van der Waals surface area (Å²) in [6, 6.07) is 3.98. The molecule has 1 aromatic carbocycles. The zero-order valence-electron chi connectivity index (χ0n) is 8.54. The first-order chi connectivity index (χ1) is 7.09. The number of aromatic nitrogens is 3. The van der Waals surface area contributed by atoms with Crippen molar-refractivity contribution in [1.82, 2.24) is 15.0 Å². The molecule has 0 bridgehead atoms. The van der Waals surface area contributed by atoms with E-state index in [4.69, 9.17) is 0 Å². The van der Waals surface area contributed by atoms with Gasteiger partial charge in [-0.05, 0) is 49.9 Å². The van der Waals surface area contributed by atoms with Crippen molar-refractivity contribution < 1.29 is 0 Å². The van der Waals surface area contributed by atoms with E-state index < -0.39 is 0 Å². The van der Waals surface area contributed by atoms with Gasteiger partial charge >= 0.3 is 0 Å². The second kappa shape index (κ2) is 4.22. The van der Waals surface area contributed by atoms with Gasteiger partial charge in [-0.1, -0.05) is 19.1 Å². The standard InChI is InChI=1S/C10H11Br2N3/c1-6(2)5-15-10-8(12)4-3-7(11)9(10)13-14-15/h3-4,6H,5H2,1-2H3. The fraction of sp³-hybridized carbons (Fsp3) is 0.400. The van der Waals surface area contributed by atoms with E-state index in [9.17, 15) is 0 Å². The lowest BCUT2D eigenvalue weighted by molar-refractivity contribution is 0.482. The number of hydrogen-bond acceptors (Lipinski definition) is 2. The highest BCUT2D eigenvalue weighted by Gasteiger charge is 2.11. The van der Waals surface area contributed by atoms with Gasteiger partial charge in [-0.3, -0.25) is 0 Å². The predicted molar refractivity (Wildman–Crippen MR) is 67.8 cm³/mol. The van der Waals surface area contributed by atoms with Crippen LogP contribution in [-0.2, 0) is 6.54 Å². The number of fused-ring (bicyclic) bond motifs is 1. The number of benzene rings is 1. The van der Waals surface area contributed by atoms with Gasteiger partial charge in [0.2, 0.25) is 0 Å². The molecule has 3 nitrogen and oxygen atoms in total. The molecule has 0 unspecified atom stereocenters. The summed E-state index contributed by atoms with van der Waals surface area (Å²) in [5.74, 6) is 0.556. The Balaban J connectivity index is 2.62. The molecule has 0 aliphatic carbocycles. The van der Waals surface area contributed by atoms with Crippen LogP contribution in [0.3, 0.4) is 0 Å². The molecule has 0 atom stereocenters. The van der Waals surface area contributed by atoms with Crippen LogP contribution in [0.1, 0.15) is 13.8 Å². The van der Waals surface area contributed by atoms with Crippen LogP contribution in [0.5, 0.6) is 0 Å². The lowest BCUT2D eigenvalue weighted by Gasteiger charge is -2.06. The molecule has 5 heteroatoms. The molecule has 0 fully saturated rings. The van der Waals surface area contributed by atoms with Crippen molar-refractivity contribution in [3.05, 3.63) is 21.1 Å². The van der Waals surface area contributed by atoms with Crippen LogP contribution in [0.25, 0.3) is 11.0 Å². The van der Waals surface area contributed by atoms with Crippen molar-refractivity contribution in [2.24, 2.45) is 5.92 Å². The first-order valence-corrected chi connectivity index (χ1v) is 6.35. The summed E-state index contributed by atoms with van der Waals surface area (Å²) in [6.45, 7) is 5.21. The molecule has 2 rings (SSSR count). The number of halogens is 2. The maximum atomic E-state index is 4.17. The molecule has 0 radical (unpaired) electrons. The molecule has 0 aliphatic heterocycles. The van der Waals surface area contributed by atoms with Gasteiger partial charge in [-0.2, -0.15) is 0 Å². The molecule has 1 aromatic heterocycles. The van der Waals surface area contributed by atoms with Crippen LogP contribution in [0, 0.1) is 5.92 Å². The van der Waals surface area contributed by atoms with Crippen LogP contribution in [0.2, 0.25) is 0 Å². The van der Waals surface area contributed by atoms with Gasteiger partial charge in [0.05, 0.1) is 0 Å². The van der Waals surface area contributed by atoms with E-state index in [1.807, 2.05) is 16.8 Å². The fourth-order valence-corrected chi connectivity index (χ4v) is 2.41. The van der Waals surface area contributed by atoms with Crippen molar-refractivity contribution in [2.45, 2.75) is 20.4 Å². The molecule has 1 heterocycles. The van der Waals surface area contributed by atoms with E-state index >= 15 is 0 Å². The molecule has 0 amide bonds. The second-order valence-corrected chi connectivity index (χ2v) is 5.60. The third kappa shape index (κ3) is 2.08. The largest absolute Gasteiger partial charge is 0.243 e. The minimum Gasteiger partial charge on any atom is -0.243 e. The van der Waals surface area contributed by atoms with E-state index in [2.05, 4.69) is 56.0 Å². The molecule has 0 N–H and O–H groups in total. The monoisotopic (exact) mass is 331 g/mol. The Labute approximate surface area is 105 Å². The minimum atomic E-state index is 0.556. The van der Waals surface area contributed by atoms with Crippen molar-refractivity contribution in [3.8, 4) is 0 Å². The summed E-state index contributed by atoms with van der Waals surface area (Å²) in [7, 11) is 0. The quantitative estimate of drug-likeness (QED) is 0.841. The van der Waals surface area contributed by atoms with Crippen molar-refractivity contribution in [2.75, 3.05) is 0 Å². The van der Waals surface area contributed by atoms with E-state index in [0.29, 0.717) is 5.92 Å². The summed E-state index contributed by atoms with van der Waals surface area (Å²) >= 11 is 7.00. The Hall–Kier alpha value is -0.420. The summed E-state index contributed by atoms with van der Waals surface area (Å²) in [4.78, 5) is 0. The normalized spacial score (nSPS) is 11.5. The molecule has 2 aromatic rings. The Bertz CT molecular complexity index is 491. The van der Waals surface area contributed by atoms with Gasteiger partial charge in [-0.15, -0.1) is 5.10 Å². The summed E-state index contributed by atoms with van der Waals surface area (Å²) < 4.78 is 3.96. The Morgan fingerprint density at radius 1 is 1.27 bits per heavy atom. The summed E-state index contributed by atoms with van der Waals surface area (Å²) in [5.41, 5.74) is 1.96. The van der Waals surface area contributed by atoms with Crippen LogP contribution in [0.15, 0.2) is 21.1 Å². The Morgan fingerprint density at radius 3 is 2.60 bits per heavy atom. The van der Waals surface area contributed by atoms with Crippen molar-refractivity contribution in [3.63, 3.8) is 0 Å². The van der Waals surface area contributed by atoms with Crippen LogP contribution >= 0.6 is 31.9 Å². The first-order valence-electron chi connectivity index (χ1n) is 4.77. The zero-order chi connectivity index (χ0) is 11.0.